The van der Waals surface area contributed by atoms with E-state index in [1.165, 1.54) is 28.7 Å². The second kappa shape index (κ2) is 10.4. The number of unbranched alkanes of at least 4 members (excludes halogenated alkanes) is 1. The number of benzene rings is 1. The lowest BCUT2D eigenvalue weighted by atomic mass is 10.1. The van der Waals surface area contributed by atoms with Crippen molar-refractivity contribution in [3.8, 4) is 0 Å². The summed E-state index contributed by atoms with van der Waals surface area (Å²) in [6, 6.07) is 9.61. The normalized spacial score (nSPS) is 10.8. The number of thioether (sulfide) groups is 1. The number of carbonyl (C=O) groups excluding carboxylic acids is 2. The lowest BCUT2D eigenvalue weighted by Crippen LogP contribution is -2.13. The van der Waals surface area contributed by atoms with E-state index in [0.29, 0.717) is 26.6 Å². The summed E-state index contributed by atoms with van der Waals surface area (Å²) in [5.41, 5.74) is 2.52. The minimum Gasteiger partial charge on any atom is -0.466 e. The van der Waals surface area contributed by atoms with E-state index in [9.17, 15) is 9.59 Å². The number of nitrogens with zero attached hydrogens (tertiary/aromatic N) is 2. The highest BCUT2D eigenvalue weighted by atomic mass is 32.2. The Morgan fingerprint density at radius 1 is 1.13 bits per heavy atom. The molecule has 0 bridgehead atoms. The van der Waals surface area contributed by atoms with Crippen LogP contribution in [-0.4, -0.2) is 27.8 Å². The maximum atomic E-state index is 12.3. The molecule has 30 heavy (non-hydrogen) atoms. The van der Waals surface area contributed by atoms with Crippen LogP contribution in [0.25, 0.3) is 0 Å². The van der Waals surface area contributed by atoms with Crippen molar-refractivity contribution in [1.29, 1.82) is 0 Å². The molecule has 0 saturated carbocycles. The third kappa shape index (κ3) is 6.17. The molecule has 2 aromatic heterocycles. The Kier molecular flexibility index (Phi) is 7.64. The molecule has 0 unspecified atom stereocenters. The molecule has 0 saturated heterocycles. The van der Waals surface area contributed by atoms with Crippen LogP contribution in [0.5, 0.6) is 0 Å². The maximum absolute atomic E-state index is 12.3. The van der Waals surface area contributed by atoms with Gasteiger partial charge in [-0.15, -0.1) is 10.2 Å². The van der Waals surface area contributed by atoms with Gasteiger partial charge in [0.2, 0.25) is 11.0 Å². The summed E-state index contributed by atoms with van der Waals surface area (Å²) in [6.07, 6.45) is 3.37. The molecule has 1 aromatic carbocycles. The molecule has 0 aliphatic heterocycles. The van der Waals surface area contributed by atoms with E-state index in [4.69, 9.17) is 4.42 Å². The number of rotatable bonds is 9. The molecule has 2 heterocycles. The average Bonchev–Trinajstić information content (AvgIpc) is 3.31. The van der Waals surface area contributed by atoms with Crippen LogP contribution in [0.4, 0.5) is 10.8 Å². The van der Waals surface area contributed by atoms with E-state index in [1.807, 2.05) is 24.3 Å². The molecule has 9 heteroatoms. The number of hydrogen-bond donors (Lipinski definition) is 2. The molecule has 3 aromatic rings. The Labute approximate surface area is 183 Å². The SMILES string of the molecule is CCCCc1ccc(NC(=O)CSc2nnc(NC(=O)c3cc(C)oc3C)s2)cc1. The van der Waals surface area contributed by atoms with E-state index in [2.05, 4.69) is 27.8 Å². The fourth-order valence-electron chi connectivity index (χ4n) is 2.80. The van der Waals surface area contributed by atoms with Gasteiger partial charge in [0.05, 0.1) is 11.3 Å². The zero-order valence-corrected chi connectivity index (χ0v) is 18.8. The molecule has 2 N–H and O–H groups in total. The van der Waals surface area contributed by atoms with Gasteiger partial charge in [0, 0.05) is 5.69 Å². The Bertz CT molecular complexity index is 1010. The lowest BCUT2D eigenvalue weighted by Gasteiger charge is -2.05. The van der Waals surface area contributed by atoms with Crippen LogP contribution in [0.1, 0.15) is 47.2 Å². The van der Waals surface area contributed by atoms with Gasteiger partial charge in [-0.25, -0.2) is 0 Å². The van der Waals surface area contributed by atoms with Crippen molar-refractivity contribution in [2.75, 3.05) is 16.4 Å². The van der Waals surface area contributed by atoms with Crippen molar-refractivity contribution in [1.82, 2.24) is 10.2 Å². The predicted molar refractivity (Wildman–Crippen MR) is 120 cm³/mol. The zero-order chi connectivity index (χ0) is 21.5. The summed E-state index contributed by atoms with van der Waals surface area (Å²) in [7, 11) is 0. The number of nitrogens with one attached hydrogen (secondary N) is 2. The summed E-state index contributed by atoms with van der Waals surface area (Å²) in [6.45, 7) is 5.69. The van der Waals surface area contributed by atoms with Gasteiger partial charge in [-0.1, -0.05) is 48.6 Å². The molecule has 0 fully saturated rings. The van der Waals surface area contributed by atoms with E-state index in [1.54, 1.807) is 19.9 Å². The first kappa shape index (κ1) is 22.0. The van der Waals surface area contributed by atoms with Gasteiger partial charge < -0.3 is 9.73 Å². The highest BCUT2D eigenvalue weighted by Crippen LogP contribution is 2.26. The molecule has 3 rings (SSSR count). The van der Waals surface area contributed by atoms with E-state index in [-0.39, 0.29) is 17.6 Å². The molecular formula is C21H24N4O3S2. The van der Waals surface area contributed by atoms with Crippen molar-refractivity contribution in [3.05, 3.63) is 53.0 Å². The van der Waals surface area contributed by atoms with Crippen LogP contribution in [-0.2, 0) is 11.2 Å². The van der Waals surface area contributed by atoms with Crippen LogP contribution >= 0.6 is 23.1 Å². The molecule has 0 spiro atoms. The van der Waals surface area contributed by atoms with Crippen LogP contribution in [0.15, 0.2) is 39.1 Å². The number of aryl methyl sites for hydroxylation is 3. The number of carbonyl (C=O) groups is 2. The van der Waals surface area contributed by atoms with Gasteiger partial charge in [-0.2, -0.15) is 0 Å². The number of anilines is 2. The summed E-state index contributed by atoms with van der Waals surface area (Å²) in [5.74, 6) is 1.02. The van der Waals surface area contributed by atoms with Crippen molar-refractivity contribution in [2.45, 2.75) is 44.4 Å². The van der Waals surface area contributed by atoms with Crippen LogP contribution in [0.3, 0.4) is 0 Å². The van der Waals surface area contributed by atoms with Crippen LogP contribution in [0, 0.1) is 13.8 Å². The Morgan fingerprint density at radius 3 is 2.57 bits per heavy atom. The minimum absolute atomic E-state index is 0.119. The fraction of sp³-hybridized carbons (Fsp3) is 0.333. The largest absolute Gasteiger partial charge is 0.466 e. The predicted octanol–water partition coefficient (Wildman–Crippen LogP) is 5.07. The number of aromatic nitrogens is 2. The van der Waals surface area contributed by atoms with Gasteiger partial charge >= 0.3 is 0 Å². The highest BCUT2D eigenvalue weighted by molar-refractivity contribution is 8.01. The van der Waals surface area contributed by atoms with Crippen molar-refractivity contribution in [3.63, 3.8) is 0 Å². The Hall–Kier alpha value is -2.65. The third-order valence-electron chi connectivity index (χ3n) is 4.30. The van der Waals surface area contributed by atoms with Crippen LogP contribution in [0.2, 0.25) is 0 Å². The zero-order valence-electron chi connectivity index (χ0n) is 17.2. The molecule has 0 aliphatic carbocycles. The maximum Gasteiger partial charge on any atom is 0.261 e. The topological polar surface area (TPSA) is 97.1 Å². The van der Waals surface area contributed by atoms with Gasteiger partial charge in [0.1, 0.15) is 11.5 Å². The van der Waals surface area contributed by atoms with Gasteiger partial charge in [-0.05, 0) is 50.5 Å². The van der Waals surface area contributed by atoms with Crippen LogP contribution < -0.4 is 10.6 Å². The Balaban J connectivity index is 1.47. The molecule has 0 atom stereocenters. The fourth-order valence-corrected chi connectivity index (χ4v) is 4.35. The quantitative estimate of drug-likeness (QED) is 0.353. The summed E-state index contributed by atoms with van der Waals surface area (Å²) in [4.78, 5) is 24.5. The second-order valence-corrected chi connectivity index (χ2v) is 8.99. The lowest BCUT2D eigenvalue weighted by molar-refractivity contribution is -0.113. The first-order valence-corrected chi connectivity index (χ1v) is 11.5. The summed E-state index contributed by atoms with van der Waals surface area (Å²) >= 11 is 2.50. The van der Waals surface area contributed by atoms with E-state index >= 15 is 0 Å². The van der Waals surface area contributed by atoms with Gasteiger partial charge in [-0.3, -0.25) is 14.9 Å². The third-order valence-corrected chi connectivity index (χ3v) is 6.27. The van der Waals surface area contributed by atoms with Gasteiger partial charge in [0.25, 0.3) is 5.91 Å². The standard InChI is InChI=1S/C21H24N4O3S2/c1-4-5-6-15-7-9-16(10-8-15)22-18(26)12-29-21-25-24-20(30-21)23-19(27)17-11-13(2)28-14(17)3/h7-11H,4-6,12H2,1-3H3,(H,22,26)(H,23,24,27). The second-order valence-electron chi connectivity index (χ2n) is 6.79. The average molecular weight is 445 g/mol. The summed E-state index contributed by atoms with van der Waals surface area (Å²) in [5, 5.41) is 14.0. The monoisotopic (exact) mass is 444 g/mol. The van der Waals surface area contributed by atoms with Crippen molar-refractivity contribution in [2.24, 2.45) is 0 Å². The molecule has 2 amide bonds. The molecule has 0 radical (unpaired) electrons. The van der Waals surface area contributed by atoms with Gasteiger partial charge in [0.15, 0.2) is 4.34 Å². The van der Waals surface area contributed by atoms with Crippen molar-refractivity contribution >= 4 is 45.7 Å². The Morgan fingerprint density at radius 2 is 1.90 bits per heavy atom. The first-order chi connectivity index (χ1) is 14.4. The van der Waals surface area contributed by atoms with Crippen molar-refractivity contribution < 1.29 is 14.0 Å². The number of furan rings is 1. The molecule has 0 aliphatic rings. The smallest absolute Gasteiger partial charge is 0.261 e. The minimum atomic E-state index is -0.294. The molecule has 7 nitrogen and oxygen atoms in total. The number of hydrogen-bond acceptors (Lipinski definition) is 7. The molecule has 158 valence electrons. The summed E-state index contributed by atoms with van der Waals surface area (Å²) < 4.78 is 5.98. The first-order valence-electron chi connectivity index (χ1n) is 9.68. The molecular weight excluding hydrogens is 420 g/mol. The van der Waals surface area contributed by atoms with E-state index in [0.717, 1.165) is 24.9 Å². The van der Waals surface area contributed by atoms with E-state index < -0.39 is 0 Å². The number of amides is 2. The highest BCUT2D eigenvalue weighted by Gasteiger charge is 2.16.